The Hall–Kier alpha value is -1.84. The van der Waals surface area contributed by atoms with Gasteiger partial charge in [-0.1, -0.05) is 51.5 Å². The molecule has 148 valence electrons. The van der Waals surface area contributed by atoms with Gasteiger partial charge < -0.3 is 9.47 Å². The van der Waals surface area contributed by atoms with E-state index in [0.29, 0.717) is 6.42 Å². The molecule has 0 unspecified atom stereocenters. The van der Waals surface area contributed by atoms with Gasteiger partial charge in [0.05, 0.1) is 13.2 Å². The van der Waals surface area contributed by atoms with E-state index in [1.807, 2.05) is 12.1 Å². The molecule has 0 N–H and O–H groups in total. The van der Waals surface area contributed by atoms with Crippen LogP contribution in [0.3, 0.4) is 0 Å². The molecule has 0 aliphatic heterocycles. The Bertz CT molecular complexity index is 718. The number of fused-ring (bicyclic) bond motifs is 3. The average Bonchev–Trinajstić information content (AvgIpc) is 2.60. The summed E-state index contributed by atoms with van der Waals surface area (Å²) in [7, 11) is 0. The van der Waals surface area contributed by atoms with Crippen molar-refractivity contribution >= 4 is 11.9 Å². The number of carbonyl (C=O) groups is 2. The number of ether oxygens (including phenoxy) is 2. The Morgan fingerprint density at radius 2 is 1.59 bits per heavy atom. The maximum Gasteiger partial charge on any atom is 0.324 e. The molecule has 2 atom stereocenters. The van der Waals surface area contributed by atoms with Crippen molar-refractivity contribution in [1.82, 2.24) is 0 Å². The Morgan fingerprint density at radius 1 is 1.00 bits per heavy atom. The summed E-state index contributed by atoms with van der Waals surface area (Å²) in [6.07, 6.45) is 3.37. The lowest BCUT2D eigenvalue weighted by atomic mass is 9.42. The van der Waals surface area contributed by atoms with Crippen LogP contribution in [0.4, 0.5) is 0 Å². The Labute approximate surface area is 162 Å². The zero-order valence-electron chi connectivity index (χ0n) is 17.3. The largest absolute Gasteiger partial charge is 0.465 e. The van der Waals surface area contributed by atoms with Gasteiger partial charge in [0, 0.05) is 5.92 Å². The Morgan fingerprint density at radius 3 is 2.19 bits per heavy atom. The van der Waals surface area contributed by atoms with Gasteiger partial charge in [-0.3, -0.25) is 9.59 Å². The van der Waals surface area contributed by atoms with E-state index in [1.165, 1.54) is 5.56 Å². The summed E-state index contributed by atoms with van der Waals surface area (Å²) in [5.74, 6) is -1.02. The summed E-state index contributed by atoms with van der Waals surface area (Å²) in [6, 6.07) is 8.26. The summed E-state index contributed by atoms with van der Waals surface area (Å²) in [6.45, 7) is 10.7. The maximum atomic E-state index is 13.4. The smallest absolute Gasteiger partial charge is 0.324 e. The fourth-order valence-corrected chi connectivity index (χ4v) is 6.18. The van der Waals surface area contributed by atoms with Crippen LogP contribution < -0.4 is 0 Å². The minimum absolute atomic E-state index is 0.167. The molecule has 2 aliphatic rings. The quantitative estimate of drug-likeness (QED) is 0.579. The molecule has 1 aromatic carbocycles. The molecule has 27 heavy (non-hydrogen) atoms. The number of hydrogen-bond donors (Lipinski definition) is 0. The van der Waals surface area contributed by atoms with Gasteiger partial charge >= 0.3 is 11.9 Å². The molecule has 3 rings (SSSR count). The molecule has 0 saturated heterocycles. The van der Waals surface area contributed by atoms with Gasteiger partial charge in [0.1, 0.15) is 0 Å². The van der Waals surface area contributed by atoms with Gasteiger partial charge in [0.25, 0.3) is 0 Å². The summed E-state index contributed by atoms with van der Waals surface area (Å²) in [5, 5.41) is 0. The minimum atomic E-state index is -1.29. The van der Waals surface area contributed by atoms with Crippen LogP contribution in [0.2, 0.25) is 0 Å². The Kier molecular flexibility index (Phi) is 5.13. The predicted octanol–water partition coefficient (Wildman–Crippen LogP) is 4.44. The van der Waals surface area contributed by atoms with E-state index in [0.717, 1.165) is 24.8 Å². The highest BCUT2D eigenvalue weighted by Gasteiger charge is 2.68. The van der Waals surface area contributed by atoms with Crippen molar-refractivity contribution in [2.24, 2.45) is 16.7 Å². The molecular formula is C23H32O4. The van der Waals surface area contributed by atoms with E-state index in [9.17, 15) is 9.59 Å². The van der Waals surface area contributed by atoms with Crippen molar-refractivity contribution in [3.05, 3.63) is 35.4 Å². The van der Waals surface area contributed by atoms with Crippen LogP contribution in [0.15, 0.2) is 24.3 Å². The number of rotatable bonds is 4. The first-order chi connectivity index (χ1) is 12.7. The third kappa shape index (κ3) is 2.88. The van der Waals surface area contributed by atoms with E-state index in [4.69, 9.17) is 9.47 Å². The zero-order chi connectivity index (χ0) is 19.9. The Balaban J connectivity index is 2.31. The molecule has 4 nitrogen and oxygen atoms in total. The minimum Gasteiger partial charge on any atom is -0.465 e. The molecule has 0 radical (unpaired) electrons. The molecule has 4 heteroatoms. The third-order valence-corrected chi connectivity index (χ3v) is 6.81. The van der Waals surface area contributed by atoms with Crippen LogP contribution in [-0.4, -0.2) is 25.2 Å². The lowest BCUT2D eigenvalue weighted by Crippen LogP contribution is -2.64. The molecule has 0 spiro atoms. The summed E-state index contributed by atoms with van der Waals surface area (Å²) in [4.78, 5) is 26.8. The fraction of sp³-hybridized carbons (Fsp3) is 0.652. The third-order valence-electron chi connectivity index (χ3n) is 6.81. The van der Waals surface area contributed by atoms with Gasteiger partial charge in [0.2, 0.25) is 0 Å². The highest BCUT2D eigenvalue weighted by molar-refractivity contribution is 6.01. The van der Waals surface area contributed by atoms with Crippen molar-refractivity contribution in [3.63, 3.8) is 0 Å². The monoisotopic (exact) mass is 372 g/mol. The van der Waals surface area contributed by atoms with Crippen LogP contribution in [0.1, 0.15) is 65.0 Å². The van der Waals surface area contributed by atoms with E-state index >= 15 is 0 Å². The van der Waals surface area contributed by atoms with Crippen molar-refractivity contribution in [1.29, 1.82) is 0 Å². The van der Waals surface area contributed by atoms with Crippen molar-refractivity contribution in [2.45, 2.75) is 65.7 Å². The number of hydrogen-bond acceptors (Lipinski definition) is 4. The standard InChI is InChI=1S/C23H32O4/c1-6-26-19(24)23(20(25)27-7-2)15-16-11-8-9-12-17(16)22(5)14-10-13-21(3,4)18(22)23/h8-9,11-12,18H,6-7,10,13-15H2,1-5H3/t18-,22+/m1/s1. The van der Waals surface area contributed by atoms with Gasteiger partial charge in [-0.2, -0.15) is 0 Å². The zero-order valence-corrected chi connectivity index (χ0v) is 17.3. The lowest BCUT2D eigenvalue weighted by Gasteiger charge is -2.60. The molecule has 1 fully saturated rings. The molecule has 0 bridgehead atoms. The number of carbonyl (C=O) groups excluding carboxylic acids is 2. The molecule has 0 aromatic heterocycles. The van der Waals surface area contributed by atoms with E-state index in [2.05, 4.69) is 32.9 Å². The van der Waals surface area contributed by atoms with E-state index < -0.39 is 17.4 Å². The molecule has 0 heterocycles. The first kappa shape index (κ1) is 19.9. The highest BCUT2D eigenvalue weighted by Crippen LogP contribution is 2.63. The van der Waals surface area contributed by atoms with Crippen LogP contribution in [-0.2, 0) is 30.9 Å². The van der Waals surface area contributed by atoms with Crippen molar-refractivity contribution in [3.8, 4) is 0 Å². The molecule has 2 aliphatic carbocycles. The summed E-state index contributed by atoms with van der Waals surface area (Å²) in [5.41, 5.74) is 0.594. The van der Waals surface area contributed by atoms with Crippen molar-refractivity contribution in [2.75, 3.05) is 13.2 Å². The maximum absolute atomic E-state index is 13.4. The predicted molar refractivity (Wildman–Crippen MR) is 104 cm³/mol. The second-order valence-corrected chi connectivity index (χ2v) is 8.94. The summed E-state index contributed by atoms with van der Waals surface area (Å²) < 4.78 is 11.0. The second kappa shape index (κ2) is 6.96. The van der Waals surface area contributed by atoms with Gasteiger partial charge in [0.15, 0.2) is 5.41 Å². The molecular weight excluding hydrogens is 340 g/mol. The van der Waals surface area contributed by atoms with Crippen LogP contribution >= 0.6 is 0 Å². The van der Waals surface area contributed by atoms with E-state index in [-0.39, 0.29) is 30.0 Å². The summed E-state index contributed by atoms with van der Waals surface area (Å²) >= 11 is 0. The van der Waals surface area contributed by atoms with Gasteiger partial charge in [-0.05, 0) is 55.1 Å². The average molecular weight is 373 g/mol. The normalized spacial score (nSPS) is 27.8. The number of esters is 2. The topological polar surface area (TPSA) is 52.6 Å². The highest BCUT2D eigenvalue weighted by atomic mass is 16.6. The SMILES string of the molecule is CCOC(=O)C1(C(=O)OCC)Cc2ccccc2[C@]2(C)CCCC(C)(C)[C@@H]12. The molecule has 0 amide bonds. The van der Waals surface area contributed by atoms with Gasteiger partial charge in [-0.15, -0.1) is 0 Å². The van der Waals surface area contributed by atoms with Crippen molar-refractivity contribution < 1.29 is 19.1 Å². The second-order valence-electron chi connectivity index (χ2n) is 8.94. The first-order valence-electron chi connectivity index (χ1n) is 10.2. The van der Waals surface area contributed by atoms with Crippen LogP contribution in [0.5, 0.6) is 0 Å². The van der Waals surface area contributed by atoms with E-state index in [1.54, 1.807) is 13.8 Å². The van der Waals surface area contributed by atoms with Crippen LogP contribution in [0.25, 0.3) is 0 Å². The molecule has 1 aromatic rings. The lowest BCUT2D eigenvalue weighted by molar-refractivity contribution is -0.190. The fourth-order valence-electron chi connectivity index (χ4n) is 6.18. The number of benzene rings is 1. The van der Waals surface area contributed by atoms with Gasteiger partial charge in [-0.25, -0.2) is 0 Å². The molecule has 1 saturated carbocycles. The first-order valence-corrected chi connectivity index (χ1v) is 10.2. The van der Waals surface area contributed by atoms with Crippen LogP contribution in [0, 0.1) is 16.7 Å².